The van der Waals surface area contributed by atoms with Gasteiger partial charge in [-0.05, 0) is 26.4 Å². The Morgan fingerprint density at radius 1 is 1.27 bits per heavy atom. The quantitative estimate of drug-likeness (QED) is 0.308. The third-order valence-corrected chi connectivity index (χ3v) is 5.62. The highest BCUT2D eigenvalue weighted by Crippen LogP contribution is 2.65. The molecule has 10 heteroatoms. The van der Waals surface area contributed by atoms with Gasteiger partial charge in [0, 0.05) is 0 Å². The smallest absolute Gasteiger partial charge is 0.191 e. The number of nitrogens with one attached hydrogen (secondary N) is 1. The van der Waals surface area contributed by atoms with Gasteiger partial charge in [0.2, 0.25) is 0 Å². The fourth-order valence-electron chi connectivity index (χ4n) is 0.945. The summed E-state index contributed by atoms with van der Waals surface area (Å²) < 4.78 is 21.3. The lowest BCUT2D eigenvalue weighted by Crippen LogP contribution is -2.37. The van der Waals surface area contributed by atoms with E-state index >= 15 is 0 Å². The van der Waals surface area contributed by atoms with E-state index in [1.54, 1.807) is 0 Å². The van der Waals surface area contributed by atoms with Gasteiger partial charge < -0.3 is 39.1 Å². The van der Waals surface area contributed by atoms with Crippen molar-refractivity contribution < 1.29 is 33.8 Å². The second-order valence-electron chi connectivity index (χ2n) is 3.02. The van der Waals surface area contributed by atoms with Crippen LogP contribution in [-0.2, 0) is 9.13 Å². The third-order valence-electron chi connectivity index (χ3n) is 1.84. The Bertz CT molecular complexity index is 272. The Hall–Kier alpha value is 0.220. The molecule has 0 aliphatic heterocycles. The maximum absolute atomic E-state index is 10.7. The molecule has 0 bridgehead atoms. The lowest BCUT2D eigenvalue weighted by molar-refractivity contribution is -0.226. The van der Waals surface area contributed by atoms with Gasteiger partial charge in [0.15, 0.2) is 20.3 Å². The average Bonchev–Trinajstić information content (AvgIpc) is 2.00. The summed E-state index contributed by atoms with van der Waals surface area (Å²) in [7, 11) is -9.66. The number of hydrogen-bond donors (Lipinski definition) is 4. The average molecular weight is 261 g/mol. The van der Waals surface area contributed by atoms with Crippen molar-refractivity contribution in [2.24, 2.45) is 0 Å². The lowest BCUT2D eigenvalue weighted by atomic mass is 10.3. The first kappa shape index (κ1) is 15.2. The first-order valence-corrected chi connectivity index (χ1v) is 7.16. The molecule has 0 saturated heterocycles. The fraction of sp³-hybridized carbons (Fsp3) is 1.00. The van der Waals surface area contributed by atoms with E-state index in [4.69, 9.17) is 9.79 Å². The van der Waals surface area contributed by atoms with Crippen LogP contribution in [0, 0.1) is 0 Å². The van der Waals surface area contributed by atoms with Gasteiger partial charge in [-0.1, -0.05) is 0 Å². The SMILES string of the molecule is CNCCCC(O)(P(=O)([O-])O)P(=O)([O-])O. The van der Waals surface area contributed by atoms with Crippen LogP contribution in [0.15, 0.2) is 0 Å². The second-order valence-corrected chi connectivity index (χ2v) is 6.94. The highest BCUT2D eigenvalue weighted by molar-refractivity contribution is 7.70. The molecule has 8 nitrogen and oxygen atoms in total. The number of rotatable bonds is 6. The molecule has 0 aromatic carbocycles. The van der Waals surface area contributed by atoms with E-state index in [9.17, 15) is 24.0 Å². The number of hydrogen-bond acceptors (Lipinski definition) is 6. The Balaban J connectivity index is 4.91. The summed E-state index contributed by atoms with van der Waals surface area (Å²) in [4.78, 5) is 38.5. The molecule has 92 valence electrons. The standard InChI is InChI=1S/C5H15NO7P2/c1-6-4-2-3-5(7,14(8,9)10)15(11,12)13/h6-7H,2-4H2,1H3,(H2,8,9,10)(H2,11,12,13)/p-2. The highest BCUT2D eigenvalue weighted by Gasteiger charge is 2.46. The van der Waals surface area contributed by atoms with Crippen LogP contribution in [0.5, 0.6) is 0 Å². The van der Waals surface area contributed by atoms with Gasteiger partial charge >= 0.3 is 0 Å². The summed E-state index contributed by atoms with van der Waals surface area (Å²) in [6.45, 7) is 0.225. The predicted molar refractivity (Wildman–Crippen MR) is 47.8 cm³/mol. The van der Waals surface area contributed by atoms with Crippen LogP contribution in [0.2, 0.25) is 0 Å². The topological polar surface area (TPSA) is 153 Å². The van der Waals surface area contributed by atoms with Crippen molar-refractivity contribution in [3.8, 4) is 0 Å². The first-order valence-electron chi connectivity index (χ1n) is 4.01. The van der Waals surface area contributed by atoms with E-state index in [2.05, 4.69) is 5.32 Å². The van der Waals surface area contributed by atoms with Gasteiger partial charge in [-0.25, -0.2) is 0 Å². The van der Waals surface area contributed by atoms with Gasteiger partial charge in [0.05, 0.1) is 0 Å². The molecule has 0 radical (unpaired) electrons. The van der Waals surface area contributed by atoms with Gasteiger partial charge in [-0.2, -0.15) is 0 Å². The molecule has 0 saturated carbocycles. The molecule has 0 aromatic heterocycles. The molecule has 0 aliphatic carbocycles. The van der Waals surface area contributed by atoms with Crippen LogP contribution in [0.1, 0.15) is 12.8 Å². The van der Waals surface area contributed by atoms with Crippen molar-refractivity contribution in [2.45, 2.75) is 17.9 Å². The summed E-state index contributed by atoms with van der Waals surface area (Å²) in [5, 5.41) is 8.31. The Morgan fingerprint density at radius 3 is 1.93 bits per heavy atom. The van der Waals surface area contributed by atoms with Gasteiger partial charge in [0.1, 0.15) is 0 Å². The Labute approximate surface area is 86.6 Å². The molecule has 0 aromatic rings. The van der Waals surface area contributed by atoms with E-state index in [1.165, 1.54) is 7.05 Å². The van der Waals surface area contributed by atoms with Gasteiger partial charge in [-0.3, -0.25) is 0 Å². The van der Waals surface area contributed by atoms with Crippen LogP contribution in [0.4, 0.5) is 0 Å². The van der Waals surface area contributed by atoms with Crippen molar-refractivity contribution in [1.82, 2.24) is 5.32 Å². The Morgan fingerprint density at radius 2 is 1.67 bits per heavy atom. The van der Waals surface area contributed by atoms with Gasteiger partial charge in [0.25, 0.3) is 0 Å². The minimum absolute atomic E-state index is 0.0490. The maximum atomic E-state index is 10.7. The third kappa shape index (κ3) is 3.62. The van der Waals surface area contributed by atoms with Crippen molar-refractivity contribution in [2.75, 3.05) is 13.6 Å². The summed E-state index contributed by atoms with van der Waals surface area (Å²) in [6.07, 6.45) is -0.852. The van der Waals surface area contributed by atoms with Crippen LogP contribution in [-0.4, -0.2) is 33.6 Å². The van der Waals surface area contributed by atoms with E-state index in [1.807, 2.05) is 0 Å². The molecular formula is C5H13NO7P2-2. The molecule has 4 N–H and O–H groups in total. The van der Waals surface area contributed by atoms with Crippen molar-refractivity contribution >= 4 is 15.2 Å². The molecule has 0 amide bonds. The number of aliphatic hydroxyl groups is 1. The van der Waals surface area contributed by atoms with E-state index in [0.29, 0.717) is 0 Å². The van der Waals surface area contributed by atoms with Crippen LogP contribution in [0.3, 0.4) is 0 Å². The summed E-state index contributed by atoms with van der Waals surface area (Å²) in [6, 6.07) is 0. The zero-order valence-electron chi connectivity index (χ0n) is 7.99. The Kier molecular flexibility index (Phi) is 5.11. The lowest BCUT2D eigenvalue weighted by Gasteiger charge is -2.42. The van der Waals surface area contributed by atoms with Crippen LogP contribution >= 0.6 is 15.2 Å². The van der Waals surface area contributed by atoms with E-state index < -0.39 is 26.7 Å². The summed E-state index contributed by atoms with van der Waals surface area (Å²) in [5.41, 5.74) is 0. The molecule has 0 rings (SSSR count). The van der Waals surface area contributed by atoms with Crippen LogP contribution in [0.25, 0.3) is 0 Å². The predicted octanol–water partition coefficient (Wildman–Crippen LogP) is -2.28. The monoisotopic (exact) mass is 261 g/mol. The zero-order chi connectivity index (χ0) is 12.3. The fourth-order valence-corrected chi connectivity index (χ4v) is 3.10. The summed E-state index contributed by atoms with van der Waals surface area (Å²) >= 11 is 0. The second kappa shape index (κ2) is 5.03. The molecule has 15 heavy (non-hydrogen) atoms. The van der Waals surface area contributed by atoms with E-state index in [0.717, 1.165) is 0 Å². The van der Waals surface area contributed by atoms with Crippen molar-refractivity contribution in [3.05, 3.63) is 0 Å². The highest BCUT2D eigenvalue weighted by atomic mass is 31.2. The molecule has 0 fully saturated rings. The van der Waals surface area contributed by atoms with Crippen molar-refractivity contribution in [1.29, 1.82) is 0 Å². The molecule has 2 atom stereocenters. The van der Waals surface area contributed by atoms with Gasteiger partial charge in [-0.15, -0.1) is 0 Å². The zero-order valence-corrected chi connectivity index (χ0v) is 9.78. The molecular weight excluding hydrogens is 248 g/mol. The normalized spacial score (nSPS) is 23.9. The minimum atomic E-state index is -5.60. The van der Waals surface area contributed by atoms with Crippen molar-refractivity contribution in [3.63, 3.8) is 0 Å². The molecule has 2 unspecified atom stereocenters. The van der Waals surface area contributed by atoms with Crippen LogP contribution < -0.4 is 15.1 Å². The van der Waals surface area contributed by atoms with E-state index in [-0.39, 0.29) is 13.0 Å². The molecule has 0 spiro atoms. The maximum Gasteiger partial charge on any atom is 0.191 e. The largest absolute Gasteiger partial charge is 0.776 e. The summed E-state index contributed by atoms with van der Waals surface area (Å²) in [5.74, 6) is 0. The first-order chi connectivity index (χ1) is 6.56. The molecule has 0 aliphatic rings. The minimum Gasteiger partial charge on any atom is -0.776 e. The molecule has 0 heterocycles.